The van der Waals surface area contributed by atoms with Crippen molar-refractivity contribution >= 4 is 42.4 Å². The number of anilines is 1. The van der Waals surface area contributed by atoms with Crippen LogP contribution in [0.5, 0.6) is 5.75 Å². The van der Waals surface area contributed by atoms with Gasteiger partial charge in [-0.25, -0.2) is 10.1 Å². The van der Waals surface area contributed by atoms with Crippen molar-refractivity contribution in [2.75, 3.05) is 18.9 Å². The number of fused-ring (bicyclic) bond motifs is 2. The van der Waals surface area contributed by atoms with Gasteiger partial charge in [-0.1, -0.05) is 30.3 Å². The fraction of sp³-hybridized carbons (Fsp3) is 0.360. The highest BCUT2D eigenvalue weighted by Crippen LogP contribution is 2.39. The number of aromatic nitrogens is 4. The summed E-state index contributed by atoms with van der Waals surface area (Å²) in [5, 5.41) is 15.7. The fourth-order valence-electron chi connectivity index (χ4n) is 4.19. The summed E-state index contributed by atoms with van der Waals surface area (Å²) in [6.45, 7) is 3.37. The van der Waals surface area contributed by atoms with Gasteiger partial charge in [-0.15, -0.1) is 0 Å². The average Bonchev–Trinajstić information content (AvgIpc) is 3.48. The van der Waals surface area contributed by atoms with Crippen LogP contribution in [0.3, 0.4) is 0 Å². The number of aliphatic hydroxyl groups excluding tert-OH is 1. The summed E-state index contributed by atoms with van der Waals surface area (Å²) < 4.78 is 24.8. The smallest absolute Gasteiger partial charge is 0.320 e. The van der Waals surface area contributed by atoms with Crippen LogP contribution in [0.1, 0.15) is 26.5 Å². The molecule has 13 nitrogen and oxygen atoms in total. The molecule has 1 saturated heterocycles. The third kappa shape index (κ3) is 6.35. The molecule has 0 aliphatic carbocycles. The van der Waals surface area contributed by atoms with Gasteiger partial charge in [-0.05, 0) is 36.8 Å². The molecule has 14 heteroatoms. The first kappa shape index (κ1) is 27.0. The average molecular weight is 557 g/mol. The van der Waals surface area contributed by atoms with E-state index in [0.717, 1.165) is 10.8 Å². The highest BCUT2D eigenvalue weighted by Gasteiger charge is 2.37. The van der Waals surface area contributed by atoms with Crippen molar-refractivity contribution in [3.05, 3.63) is 59.1 Å². The number of nitrogens with one attached hydrogen (secondary N) is 2. The van der Waals surface area contributed by atoms with Crippen LogP contribution in [0, 0.1) is 0 Å². The minimum Gasteiger partial charge on any atom is -0.462 e. The molecular formula is C25H29N6O7P. The van der Waals surface area contributed by atoms with E-state index in [9.17, 15) is 14.7 Å². The molecule has 4 unspecified atom stereocenters. The fourth-order valence-corrected chi connectivity index (χ4v) is 5.24. The summed E-state index contributed by atoms with van der Waals surface area (Å²) in [4.78, 5) is 34.9. The Morgan fingerprint density at radius 2 is 2.10 bits per heavy atom. The molecule has 0 bridgehead atoms. The second-order valence-corrected chi connectivity index (χ2v) is 10.5. The predicted molar refractivity (Wildman–Crippen MR) is 144 cm³/mol. The molecule has 0 spiro atoms. The van der Waals surface area contributed by atoms with Gasteiger partial charge in [0.25, 0.3) is 5.56 Å². The Kier molecular flexibility index (Phi) is 8.05. The number of ether oxygens (including phenoxy) is 2. The van der Waals surface area contributed by atoms with Crippen molar-refractivity contribution < 1.29 is 28.4 Å². The zero-order valence-corrected chi connectivity index (χ0v) is 22.2. The largest absolute Gasteiger partial charge is 0.462 e. The van der Waals surface area contributed by atoms with Crippen LogP contribution in [-0.4, -0.2) is 62.1 Å². The summed E-state index contributed by atoms with van der Waals surface area (Å²) in [6.07, 6.45) is -0.868. The van der Waals surface area contributed by atoms with Crippen LogP contribution in [0.2, 0.25) is 0 Å². The third-order valence-electron chi connectivity index (χ3n) is 5.95. The molecule has 5 rings (SSSR count). The first-order valence-electron chi connectivity index (χ1n) is 12.4. The zero-order chi connectivity index (χ0) is 27.5. The summed E-state index contributed by atoms with van der Waals surface area (Å²) in [6, 6.07) is 13.5. The van der Waals surface area contributed by atoms with Crippen LogP contribution in [0.4, 0.5) is 5.95 Å². The molecule has 4 atom stereocenters. The molecule has 3 heterocycles. The van der Waals surface area contributed by atoms with E-state index in [1.54, 1.807) is 18.4 Å². The normalized spacial score (nSPS) is 20.1. The number of H-pyrrole nitrogens is 1. The van der Waals surface area contributed by atoms with E-state index in [0.29, 0.717) is 5.75 Å². The molecule has 0 radical (unpaired) electrons. The molecule has 2 aromatic carbocycles. The number of aromatic amines is 1. The van der Waals surface area contributed by atoms with Crippen molar-refractivity contribution in [2.45, 2.75) is 44.8 Å². The maximum absolute atomic E-state index is 12.1. The van der Waals surface area contributed by atoms with E-state index in [1.165, 1.54) is 6.33 Å². The van der Waals surface area contributed by atoms with E-state index in [1.807, 2.05) is 42.5 Å². The van der Waals surface area contributed by atoms with Gasteiger partial charge in [0.15, 0.2) is 11.2 Å². The first-order valence-corrected chi connectivity index (χ1v) is 13.5. The molecule has 1 fully saturated rings. The molecule has 5 N–H and O–H groups in total. The van der Waals surface area contributed by atoms with Crippen LogP contribution in [0.15, 0.2) is 53.6 Å². The van der Waals surface area contributed by atoms with Gasteiger partial charge in [0.05, 0.1) is 25.1 Å². The molecule has 2 aromatic heterocycles. The molecule has 0 amide bonds. The van der Waals surface area contributed by atoms with Gasteiger partial charge in [0.1, 0.15) is 24.6 Å². The second kappa shape index (κ2) is 11.6. The van der Waals surface area contributed by atoms with Crippen LogP contribution < -0.4 is 20.9 Å². The zero-order valence-electron chi connectivity index (χ0n) is 21.3. The van der Waals surface area contributed by atoms with E-state index < -0.39 is 38.5 Å². The lowest BCUT2D eigenvalue weighted by Gasteiger charge is -2.22. The first-order chi connectivity index (χ1) is 18.8. The highest BCUT2D eigenvalue weighted by atomic mass is 31.2. The Morgan fingerprint density at radius 3 is 2.90 bits per heavy atom. The number of nitrogen functional groups attached to an aromatic ring is 1. The highest BCUT2D eigenvalue weighted by molar-refractivity contribution is 7.45. The minimum atomic E-state index is -1.82. The lowest BCUT2D eigenvalue weighted by molar-refractivity contribution is -0.145. The molecular weight excluding hydrogens is 527 g/mol. The van der Waals surface area contributed by atoms with E-state index in [4.69, 9.17) is 24.3 Å². The van der Waals surface area contributed by atoms with E-state index >= 15 is 0 Å². The quantitative estimate of drug-likeness (QED) is 0.167. The van der Waals surface area contributed by atoms with Crippen molar-refractivity contribution in [2.24, 2.45) is 0 Å². The number of carbonyl (C=O) groups excluding carboxylic acids is 1. The molecule has 39 heavy (non-hydrogen) atoms. The summed E-state index contributed by atoms with van der Waals surface area (Å²) >= 11 is 0. The number of carbonyl (C=O) groups is 1. The number of aliphatic hydroxyl groups is 1. The monoisotopic (exact) mass is 556 g/mol. The van der Waals surface area contributed by atoms with Gasteiger partial charge in [0.2, 0.25) is 5.95 Å². The van der Waals surface area contributed by atoms with Gasteiger partial charge in [-0.3, -0.25) is 19.1 Å². The lowest BCUT2D eigenvalue weighted by atomic mass is 10.1. The SMILES string of the molecule is CC(C)OC(=O)CNP(OCC1OC(n2cnc3c(=O)[nH]c(N)nc32)CC1O)Oc1ccc2ccccc2c1. The van der Waals surface area contributed by atoms with Gasteiger partial charge >= 0.3 is 14.5 Å². The Hall–Kier alpha value is -3.61. The Balaban J connectivity index is 1.27. The number of rotatable bonds is 10. The molecule has 206 valence electrons. The minimum absolute atomic E-state index is 0.0358. The van der Waals surface area contributed by atoms with Gasteiger partial charge in [0, 0.05) is 6.42 Å². The number of nitrogens with zero attached hydrogens (tertiary/aromatic N) is 3. The van der Waals surface area contributed by atoms with Crippen LogP contribution in [-0.2, 0) is 18.8 Å². The summed E-state index contributed by atoms with van der Waals surface area (Å²) in [7, 11) is -1.82. The maximum atomic E-state index is 12.1. The summed E-state index contributed by atoms with van der Waals surface area (Å²) in [5.74, 6) is 0.0504. The Bertz CT molecular complexity index is 1530. The van der Waals surface area contributed by atoms with Gasteiger partial charge in [-0.2, -0.15) is 4.98 Å². The molecule has 4 aromatic rings. The third-order valence-corrected chi connectivity index (χ3v) is 7.13. The van der Waals surface area contributed by atoms with E-state index in [2.05, 4.69) is 20.0 Å². The number of benzene rings is 2. The second-order valence-electron chi connectivity index (χ2n) is 9.23. The van der Waals surface area contributed by atoms with Crippen molar-refractivity contribution in [3.8, 4) is 5.75 Å². The predicted octanol–water partition coefficient (Wildman–Crippen LogP) is 2.37. The number of imidazole rings is 1. The number of nitrogens with two attached hydrogens (primary N) is 1. The van der Waals surface area contributed by atoms with Crippen LogP contribution >= 0.6 is 8.53 Å². The Morgan fingerprint density at radius 1 is 1.31 bits per heavy atom. The Labute approximate surface area is 224 Å². The van der Waals surface area contributed by atoms with Crippen molar-refractivity contribution in [1.29, 1.82) is 0 Å². The molecule has 1 aliphatic heterocycles. The van der Waals surface area contributed by atoms with Crippen molar-refractivity contribution in [3.63, 3.8) is 0 Å². The van der Waals surface area contributed by atoms with E-state index in [-0.39, 0.29) is 42.8 Å². The summed E-state index contributed by atoms with van der Waals surface area (Å²) in [5.41, 5.74) is 5.59. The number of esters is 1. The van der Waals surface area contributed by atoms with Crippen molar-refractivity contribution in [1.82, 2.24) is 24.6 Å². The standard InChI is InChI=1S/C25H29N6O7P/c1-14(2)36-21(33)11-28-39(38-17-8-7-15-5-3-4-6-16(15)9-17)35-12-19-18(32)10-20(37-19)31-13-27-22-23(31)29-25(26)30-24(22)34/h3-9,13-14,18-20,28,32H,10-12H2,1-2H3,(H3,26,29,30,34). The van der Waals surface area contributed by atoms with Gasteiger partial charge < -0.3 is 29.4 Å². The molecule has 1 aliphatic rings. The molecule has 0 saturated carbocycles. The lowest BCUT2D eigenvalue weighted by Crippen LogP contribution is -2.29. The number of hydrogen-bond donors (Lipinski definition) is 4. The maximum Gasteiger partial charge on any atom is 0.320 e. The number of hydrogen-bond acceptors (Lipinski definition) is 11. The topological polar surface area (TPSA) is 176 Å². The van der Waals surface area contributed by atoms with Crippen LogP contribution in [0.25, 0.3) is 21.9 Å².